The highest BCUT2D eigenvalue weighted by Gasteiger charge is 2.07. The summed E-state index contributed by atoms with van der Waals surface area (Å²) in [7, 11) is 1.98. The molecule has 2 heteroatoms. The van der Waals surface area contributed by atoms with Crippen LogP contribution in [0.5, 0.6) is 0 Å². The minimum Gasteiger partial charge on any atom is -0.319 e. The molecule has 0 radical (unpaired) electrons. The van der Waals surface area contributed by atoms with E-state index < -0.39 is 0 Å². The van der Waals surface area contributed by atoms with Gasteiger partial charge in [-0.1, -0.05) is 32.9 Å². The van der Waals surface area contributed by atoms with Crippen LogP contribution in [-0.2, 0) is 0 Å². The van der Waals surface area contributed by atoms with Crippen LogP contribution >= 0.6 is 11.8 Å². The monoisotopic (exact) mass is 187 g/mol. The molecule has 72 valence electrons. The van der Waals surface area contributed by atoms with Gasteiger partial charge < -0.3 is 5.32 Å². The van der Waals surface area contributed by atoms with Crippen molar-refractivity contribution in [1.82, 2.24) is 5.32 Å². The molecule has 0 aromatic heterocycles. The standard InChI is InChI=1S/C10H21NS/c1-10(2,3)12-9-7-5-6-8-11-4/h5,7,11H,6,8-9H2,1-4H3/b7-5-. The third kappa shape index (κ3) is 10.0. The predicted molar refractivity (Wildman–Crippen MR) is 59.9 cm³/mol. The van der Waals surface area contributed by atoms with Crippen LogP contribution in [0, 0.1) is 0 Å². The molecule has 0 atom stereocenters. The summed E-state index contributed by atoms with van der Waals surface area (Å²) in [5, 5.41) is 3.12. The van der Waals surface area contributed by atoms with Gasteiger partial charge >= 0.3 is 0 Å². The molecule has 0 unspecified atom stereocenters. The van der Waals surface area contributed by atoms with Gasteiger partial charge in [-0.3, -0.25) is 0 Å². The van der Waals surface area contributed by atoms with Gasteiger partial charge in [-0.15, -0.1) is 0 Å². The van der Waals surface area contributed by atoms with E-state index in [4.69, 9.17) is 0 Å². The minimum atomic E-state index is 0.396. The van der Waals surface area contributed by atoms with Crippen molar-refractivity contribution >= 4 is 11.8 Å². The molecule has 1 nitrogen and oxygen atoms in total. The maximum absolute atomic E-state index is 3.12. The molecule has 0 spiro atoms. The van der Waals surface area contributed by atoms with Crippen LogP contribution in [0.3, 0.4) is 0 Å². The van der Waals surface area contributed by atoms with Crippen molar-refractivity contribution in [1.29, 1.82) is 0 Å². The maximum atomic E-state index is 3.12. The molecule has 0 rings (SSSR count). The summed E-state index contributed by atoms with van der Waals surface area (Å²) in [6.07, 6.45) is 5.64. The fourth-order valence-electron chi connectivity index (χ4n) is 0.712. The smallest absolute Gasteiger partial charge is 0.0118 e. The number of rotatable bonds is 5. The molecular weight excluding hydrogens is 166 g/mol. The van der Waals surface area contributed by atoms with Crippen LogP contribution < -0.4 is 5.32 Å². The van der Waals surface area contributed by atoms with Gasteiger partial charge in [0.25, 0.3) is 0 Å². The van der Waals surface area contributed by atoms with Crippen molar-refractivity contribution in [2.24, 2.45) is 0 Å². The third-order valence-corrected chi connectivity index (χ3v) is 2.57. The van der Waals surface area contributed by atoms with Crippen LogP contribution in [0.15, 0.2) is 12.2 Å². The Balaban J connectivity index is 3.25. The first-order chi connectivity index (χ1) is 5.56. The first-order valence-electron chi connectivity index (χ1n) is 4.50. The second-order valence-corrected chi connectivity index (χ2v) is 5.63. The highest BCUT2D eigenvalue weighted by molar-refractivity contribution is 8.00. The summed E-state index contributed by atoms with van der Waals surface area (Å²) in [6.45, 7) is 7.83. The van der Waals surface area contributed by atoms with E-state index in [-0.39, 0.29) is 0 Å². The van der Waals surface area contributed by atoms with E-state index in [0.29, 0.717) is 4.75 Å². The van der Waals surface area contributed by atoms with E-state index in [2.05, 4.69) is 38.2 Å². The topological polar surface area (TPSA) is 12.0 Å². The third-order valence-electron chi connectivity index (χ3n) is 1.34. The average molecular weight is 187 g/mol. The number of hydrogen-bond donors (Lipinski definition) is 1. The van der Waals surface area contributed by atoms with Crippen molar-refractivity contribution in [2.75, 3.05) is 19.3 Å². The number of hydrogen-bond acceptors (Lipinski definition) is 2. The Morgan fingerprint density at radius 1 is 1.25 bits per heavy atom. The van der Waals surface area contributed by atoms with E-state index >= 15 is 0 Å². The van der Waals surface area contributed by atoms with Gasteiger partial charge in [0.15, 0.2) is 0 Å². The molecule has 0 aliphatic heterocycles. The highest BCUT2D eigenvalue weighted by Crippen LogP contribution is 2.22. The Morgan fingerprint density at radius 3 is 2.42 bits per heavy atom. The van der Waals surface area contributed by atoms with E-state index in [1.165, 1.54) is 0 Å². The quantitative estimate of drug-likeness (QED) is 0.524. The van der Waals surface area contributed by atoms with Crippen LogP contribution in [0.25, 0.3) is 0 Å². The van der Waals surface area contributed by atoms with Gasteiger partial charge in [0.1, 0.15) is 0 Å². The molecule has 0 bridgehead atoms. The lowest BCUT2D eigenvalue weighted by Gasteiger charge is -2.15. The van der Waals surface area contributed by atoms with E-state index in [9.17, 15) is 0 Å². The summed E-state index contributed by atoms with van der Waals surface area (Å²) >= 11 is 1.98. The average Bonchev–Trinajstić information content (AvgIpc) is 1.94. The number of thioether (sulfide) groups is 1. The maximum Gasteiger partial charge on any atom is 0.0118 e. The van der Waals surface area contributed by atoms with Crippen molar-refractivity contribution in [3.8, 4) is 0 Å². The lowest BCUT2D eigenvalue weighted by Crippen LogP contribution is -2.07. The molecule has 12 heavy (non-hydrogen) atoms. The Bertz CT molecular complexity index is 124. The normalized spacial score (nSPS) is 12.7. The fraction of sp³-hybridized carbons (Fsp3) is 0.800. The molecule has 0 saturated carbocycles. The van der Waals surface area contributed by atoms with Gasteiger partial charge in [-0.05, 0) is 20.0 Å². The lowest BCUT2D eigenvalue weighted by molar-refractivity contribution is 0.802. The zero-order valence-electron chi connectivity index (χ0n) is 8.68. The van der Waals surface area contributed by atoms with Crippen LogP contribution in [0.2, 0.25) is 0 Å². The Labute approximate surface area is 81.0 Å². The molecule has 0 heterocycles. The summed E-state index contributed by atoms with van der Waals surface area (Å²) in [6, 6.07) is 0. The zero-order valence-corrected chi connectivity index (χ0v) is 9.50. The van der Waals surface area contributed by atoms with Crippen molar-refractivity contribution in [3.63, 3.8) is 0 Å². The molecule has 0 aromatic rings. The predicted octanol–water partition coefficient (Wildman–Crippen LogP) is 2.68. The molecule has 0 fully saturated rings. The first-order valence-corrected chi connectivity index (χ1v) is 5.48. The largest absolute Gasteiger partial charge is 0.319 e. The molecule has 0 aromatic carbocycles. The summed E-state index contributed by atoms with van der Waals surface area (Å²) in [5.41, 5.74) is 0. The summed E-state index contributed by atoms with van der Waals surface area (Å²) in [5.74, 6) is 1.13. The van der Waals surface area contributed by atoms with Crippen molar-refractivity contribution in [2.45, 2.75) is 31.9 Å². The Morgan fingerprint density at radius 2 is 1.92 bits per heavy atom. The van der Waals surface area contributed by atoms with Crippen molar-refractivity contribution < 1.29 is 0 Å². The second-order valence-electron chi connectivity index (χ2n) is 3.79. The highest BCUT2D eigenvalue weighted by atomic mass is 32.2. The fourth-order valence-corrected chi connectivity index (χ4v) is 1.44. The van der Waals surface area contributed by atoms with Crippen LogP contribution in [-0.4, -0.2) is 24.1 Å². The summed E-state index contributed by atoms with van der Waals surface area (Å²) in [4.78, 5) is 0. The zero-order chi connectivity index (χ0) is 9.45. The van der Waals surface area contributed by atoms with Gasteiger partial charge in [0, 0.05) is 10.5 Å². The van der Waals surface area contributed by atoms with Crippen LogP contribution in [0.4, 0.5) is 0 Å². The lowest BCUT2D eigenvalue weighted by atomic mass is 10.3. The van der Waals surface area contributed by atoms with Gasteiger partial charge in [-0.2, -0.15) is 11.8 Å². The van der Waals surface area contributed by atoms with E-state index in [1.807, 2.05) is 18.8 Å². The van der Waals surface area contributed by atoms with Crippen molar-refractivity contribution in [3.05, 3.63) is 12.2 Å². The summed E-state index contributed by atoms with van der Waals surface area (Å²) < 4.78 is 0.396. The molecule has 0 amide bonds. The number of nitrogens with one attached hydrogen (secondary N) is 1. The Hall–Kier alpha value is 0.0500. The SMILES string of the molecule is CNCC/C=C\CSC(C)(C)C. The van der Waals surface area contributed by atoms with Crippen LogP contribution in [0.1, 0.15) is 27.2 Å². The van der Waals surface area contributed by atoms with Gasteiger partial charge in [0.2, 0.25) is 0 Å². The van der Waals surface area contributed by atoms with Gasteiger partial charge in [0.05, 0.1) is 0 Å². The van der Waals surface area contributed by atoms with E-state index in [0.717, 1.165) is 18.7 Å². The molecular formula is C10H21NS. The molecule has 1 N–H and O–H groups in total. The molecule has 0 aliphatic carbocycles. The second kappa shape index (κ2) is 6.55. The Kier molecular flexibility index (Phi) is 6.58. The molecule has 0 saturated heterocycles. The van der Waals surface area contributed by atoms with Gasteiger partial charge in [-0.25, -0.2) is 0 Å². The first kappa shape index (κ1) is 12.0. The van der Waals surface area contributed by atoms with E-state index in [1.54, 1.807) is 0 Å². The minimum absolute atomic E-state index is 0.396. The molecule has 0 aliphatic rings.